The smallest absolute Gasteiger partial charge is 0.328 e. The number of hydrogen-bond acceptors (Lipinski definition) is 9. The molecular weight excluding hydrogens is 498 g/mol. The second-order valence-corrected chi connectivity index (χ2v) is 9.93. The number of carbonyl (C=O) groups is 2. The molecular formula is C28H31N7O4. The number of methoxy groups -OCH3 is 1. The molecule has 2 aromatic heterocycles. The van der Waals surface area contributed by atoms with Crippen LogP contribution in [-0.2, 0) is 22.4 Å². The summed E-state index contributed by atoms with van der Waals surface area (Å²) in [7, 11) is 1.68. The molecule has 0 atom stereocenters. The van der Waals surface area contributed by atoms with Crippen LogP contribution >= 0.6 is 0 Å². The molecule has 0 bridgehead atoms. The van der Waals surface area contributed by atoms with Gasteiger partial charge in [0.15, 0.2) is 6.29 Å². The second-order valence-electron chi connectivity index (χ2n) is 9.93. The fourth-order valence-electron chi connectivity index (χ4n) is 4.75. The monoisotopic (exact) mass is 529 g/mol. The van der Waals surface area contributed by atoms with Crippen LogP contribution < -0.4 is 15.5 Å². The average Bonchev–Trinajstić information content (AvgIpc) is 3.77. The van der Waals surface area contributed by atoms with Crippen LogP contribution in [0.5, 0.6) is 0 Å². The molecule has 1 saturated carbocycles. The molecule has 4 heterocycles. The van der Waals surface area contributed by atoms with Crippen LogP contribution in [0.1, 0.15) is 53.4 Å². The number of nitrogens with one attached hydrogen (secondary N) is 2. The highest BCUT2D eigenvalue weighted by Crippen LogP contribution is 2.39. The van der Waals surface area contributed by atoms with E-state index in [-0.39, 0.29) is 5.60 Å². The topological polar surface area (TPSA) is 133 Å². The second kappa shape index (κ2) is 11.1. The Bertz CT molecular complexity index is 1380. The maximum Gasteiger partial charge on any atom is 0.328 e. The van der Waals surface area contributed by atoms with Crippen LogP contribution in [0.3, 0.4) is 0 Å². The van der Waals surface area contributed by atoms with Gasteiger partial charge in [0.05, 0.1) is 23.1 Å². The lowest BCUT2D eigenvalue weighted by Gasteiger charge is -2.30. The Morgan fingerprint density at radius 1 is 1.36 bits per heavy atom. The first-order chi connectivity index (χ1) is 18.9. The van der Waals surface area contributed by atoms with E-state index in [9.17, 15) is 14.9 Å². The van der Waals surface area contributed by atoms with Crippen LogP contribution in [0.25, 0.3) is 0 Å². The first-order valence-corrected chi connectivity index (χ1v) is 12.9. The Labute approximate surface area is 227 Å². The number of pyridine rings is 2. The number of amides is 2. The van der Waals surface area contributed by atoms with Crippen molar-refractivity contribution in [1.29, 1.82) is 5.26 Å². The maximum absolute atomic E-state index is 13.4. The van der Waals surface area contributed by atoms with Gasteiger partial charge in [0.2, 0.25) is 0 Å². The predicted octanol–water partition coefficient (Wildman–Crippen LogP) is 3.94. The van der Waals surface area contributed by atoms with Crippen LogP contribution in [0.4, 0.5) is 22.1 Å². The summed E-state index contributed by atoms with van der Waals surface area (Å²) in [6.45, 7) is 4.10. The Morgan fingerprint density at radius 3 is 2.95 bits per heavy atom. The first-order valence-electron chi connectivity index (χ1n) is 12.9. The van der Waals surface area contributed by atoms with Gasteiger partial charge in [-0.3, -0.25) is 15.0 Å². The molecule has 0 spiro atoms. The van der Waals surface area contributed by atoms with Gasteiger partial charge in [0.25, 0.3) is 0 Å². The van der Waals surface area contributed by atoms with Gasteiger partial charge in [0, 0.05) is 56.8 Å². The molecule has 2 N–H and O–H groups in total. The van der Waals surface area contributed by atoms with E-state index in [1.54, 1.807) is 30.6 Å². The lowest BCUT2D eigenvalue weighted by Crippen LogP contribution is -2.40. The summed E-state index contributed by atoms with van der Waals surface area (Å²) in [5.41, 5.74) is 3.69. The largest absolute Gasteiger partial charge is 0.471 e. The van der Waals surface area contributed by atoms with E-state index < -0.39 is 6.03 Å². The van der Waals surface area contributed by atoms with Crippen molar-refractivity contribution in [3.05, 3.63) is 65.0 Å². The molecule has 2 amide bonds. The minimum atomic E-state index is -0.402. The van der Waals surface area contributed by atoms with Gasteiger partial charge in [-0.05, 0) is 50.3 Å². The van der Waals surface area contributed by atoms with Gasteiger partial charge in [0.1, 0.15) is 29.7 Å². The summed E-state index contributed by atoms with van der Waals surface area (Å²) in [6.07, 6.45) is 10.8. The molecule has 202 valence electrons. The molecule has 2 aliphatic heterocycles. The number of nitriles is 1. The molecule has 5 rings (SSSR count). The molecule has 11 nitrogen and oxygen atoms in total. The molecule has 11 heteroatoms. The third-order valence-corrected chi connectivity index (χ3v) is 7.33. The standard InChI is InChI=1S/C28H31N7O4/c1-19-17-39-10-4-8-34(19)15-21-11-20-5-3-9-35(26(20)32-24(21)16-36)27(37)33-25-12-23(22(13-29)14-30-25)31-18-28(38-2)6-7-28/h4,10-12,14,16-17H,3,5-9,15,18H2,1-2H3,(H2,30,31,33,37). The summed E-state index contributed by atoms with van der Waals surface area (Å²) in [4.78, 5) is 37.9. The number of allylic oxidation sites excluding steroid dienone is 1. The van der Waals surface area contributed by atoms with Gasteiger partial charge in [-0.1, -0.05) is 0 Å². The number of aryl methyl sites for hydroxylation is 1. The number of ether oxygens (including phenoxy) is 2. The Balaban J connectivity index is 1.34. The molecule has 0 unspecified atom stereocenters. The zero-order valence-electron chi connectivity index (χ0n) is 22.1. The lowest BCUT2D eigenvalue weighted by molar-refractivity contribution is 0.0914. The Hall–Kier alpha value is -4.43. The van der Waals surface area contributed by atoms with Crippen molar-refractivity contribution in [3.8, 4) is 6.07 Å². The summed E-state index contributed by atoms with van der Waals surface area (Å²) in [6, 6.07) is 5.35. The highest BCUT2D eigenvalue weighted by atomic mass is 16.5. The molecule has 2 aromatic rings. The molecule has 0 radical (unpaired) electrons. The van der Waals surface area contributed by atoms with E-state index in [1.807, 2.05) is 19.1 Å². The number of hydrogen-bond donors (Lipinski definition) is 2. The third-order valence-electron chi connectivity index (χ3n) is 7.33. The number of carbonyl (C=O) groups excluding carboxylic acids is 2. The van der Waals surface area contributed by atoms with E-state index in [1.165, 1.54) is 6.20 Å². The zero-order valence-corrected chi connectivity index (χ0v) is 22.1. The van der Waals surface area contributed by atoms with E-state index >= 15 is 0 Å². The van der Waals surface area contributed by atoms with Gasteiger partial charge in [-0.2, -0.15) is 5.26 Å². The quantitative estimate of drug-likeness (QED) is 0.488. The highest BCUT2D eigenvalue weighted by Gasteiger charge is 2.42. The van der Waals surface area contributed by atoms with Crippen molar-refractivity contribution in [2.45, 2.75) is 44.8 Å². The normalized spacial score (nSPS) is 17.2. The SMILES string of the molecule is COC1(CNc2cc(NC(=O)N3CCCc4cc(CN5CC=COC=C5C)c(C=O)nc43)ncc2C#N)CC1. The van der Waals surface area contributed by atoms with E-state index in [2.05, 4.69) is 31.6 Å². The fourth-order valence-corrected chi connectivity index (χ4v) is 4.75. The van der Waals surface area contributed by atoms with Crippen molar-refractivity contribution < 1.29 is 19.1 Å². The number of urea groups is 1. The number of rotatable bonds is 8. The number of anilines is 3. The number of fused-ring (bicyclic) bond motifs is 1. The predicted molar refractivity (Wildman–Crippen MR) is 145 cm³/mol. The molecule has 1 aliphatic carbocycles. The van der Waals surface area contributed by atoms with Gasteiger partial charge in [-0.15, -0.1) is 0 Å². The molecule has 3 aliphatic rings. The summed E-state index contributed by atoms with van der Waals surface area (Å²) >= 11 is 0. The lowest BCUT2D eigenvalue weighted by atomic mass is 10.0. The number of aromatic nitrogens is 2. The van der Waals surface area contributed by atoms with Gasteiger partial charge in [-0.25, -0.2) is 14.8 Å². The number of aldehydes is 1. The molecule has 0 aromatic carbocycles. The van der Waals surface area contributed by atoms with Crippen molar-refractivity contribution in [1.82, 2.24) is 14.9 Å². The summed E-state index contributed by atoms with van der Waals surface area (Å²) in [5, 5.41) is 15.6. The van der Waals surface area contributed by atoms with Crippen molar-refractivity contribution in [2.24, 2.45) is 0 Å². The number of nitrogens with zero attached hydrogens (tertiary/aromatic N) is 5. The third kappa shape index (κ3) is 5.71. The zero-order chi connectivity index (χ0) is 27.4. The maximum atomic E-state index is 13.4. The Morgan fingerprint density at radius 2 is 2.21 bits per heavy atom. The summed E-state index contributed by atoms with van der Waals surface area (Å²) < 4.78 is 10.9. The minimum absolute atomic E-state index is 0.204. The van der Waals surface area contributed by atoms with Crippen LogP contribution in [0.2, 0.25) is 0 Å². The van der Waals surface area contributed by atoms with E-state index in [0.29, 0.717) is 54.8 Å². The van der Waals surface area contributed by atoms with Gasteiger partial charge >= 0.3 is 6.03 Å². The minimum Gasteiger partial charge on any atom is -0.471 e. The molecule has 39 heavy (non-hydrogen) atoms. The van der Waals surface area contributed by atoms with Crippen LogP contribution in [0, 0.1) is 11.3 Å². The van der Waals surface area contributed by atoms with Gasteiger partial charge < -0.3 is 19.7 Å². The van der Waals surface area contributed by atoms with E-state index in [4.69, 9.17) is 9.47 Å². The first kappa shape index (κ1) is 26.2. The molecule has 1 fully saturated rings. The fraction of sp³-hybridized carbons (Fsp3) is 0.393. The van der Waals surface area contributed by atoms with Crippen LogP contribution in [0.15, 0.2) is 42.6 Å². The van der Waals surface area contributed by atoms with Crippen molar-refractivity contribution in [2.75, 3.05) is 42.3 Å². The summed E-state index contributed by atoms with van der Waals surface area (Å²) in [5.74, 6) is 0.778. The van der Waals surface area contributed by atoms with Crippen LogP contribution in [-0.4, -0.2) is 59.5 Å². The average molecular weight is 530 g/mol. The Kier molecular flexibility index (Phi) is 7.47. The van der Waals surface area contributed by atoms with Crippen molar-refractivity contribution in [3.63, 3.8) is 0 Å². The van der Waals surface area contributed by atoms with Crippen molar-refractivity contribution >= 4 is 29.6 Å². The van der Waals surface area contributed by atoms with E-state index in [0.717, 1.165) is 48.8 Å². The highest BCUT2D eigenvalue weighted by molar-refractivity contribution is 6.01. The molecule has 0 saturated heterocycles.